The zero-order chi connectivity index (χ0) is 22.9. The minimum Gasteiger partial charge on any atom is -0.368 e. The molecule has 2 amide bonds. The van der Waals surface area contributed by atoms with Crippen molar-refractivity contribution in [2.45, 2.75) is 28.9 Å². The van der Waals surface area contributed by atoms with Crippen molar-refractivity contribution in [3.8, 4) is 0 Å². The van der Waals surface area contributed by atoms with Gasteiger partial charge in [0.2, 0.25) is 11.8 Å². The smallest absolute Gasteiger partial charge is 0.237 e. The van der Waals surface area contributed by atoms with Gasteiger partial charge in [0.15, 0.2) is 9.84 Å². The first kappa shape index (κ1) is 22.7. The number of amides is 2. The van der Waals surface area contributed by atoms with Gasteiger partial charge in [0.05, 0.1) is 21.6 Å². The molecule has 0 saturated carbocycles. The number of hydrogen-bond acceptors (Lipinski definition) is 6. The largest absolute Gasteiger partial charge is 0.368 e. The van der Waals surface area contributed by atoms with Crippen LogP contribution in [0.3, 0.4) is 0 Å². The van der Waals surface area contributed by atoms with Gasteiger partial charge in [-0.25, -0.2) is 8.42 Å². The number of carbonyl (C=O) groups is 2. The average molecular weight is 474 g/mol. The van der Waals surface area contributed by atoms with E-state index in [0.29, 0.717) is 18.8 Å². The van der Waals surface area contributed by atoms with Crippen LogP contribution in [-0.4, -0.2) is 62.3 Å². The molecule has 2 aliphatic rings. The van der Waals surface area contributed by atoms with Crippen LogP contribution < -0.4 is 10.2 Å². The Labute approximate surface area is 193 Å². The summed E-state index contributed by atoms with van der Waals surface area (Å²) < 4.78 is 26.0. The Bertz CT molecular complexity index is 1110. The maximum atomic E-state index is 13.0. The molecule has 4 rings (SSSR count). The summed E-state index contributed by atoms with van der Waals surface area (Å²) in [6, 6.07) is 14.8. The predicted octanol–water partition coefficient (Wildman–Crippen LogP) is 2.88. The molecule has 0 aromatic heterocycles. The van der Waals surface area contributed by atoms with E-state index < -0.39 is 15.8 Å². The Balaban J connectivity index is 1.39. The second kappa shape index (κ2) is 9.15. The van der Waals surface area contributed by atoms with Crippen LogP contribution in [0.25, 0.3) is 0 Å². The SMILES string of the molecule is C[C@@H]1Sc2ccc(S(=O)(=O)C[C@H](C)C(=O)N3CCN(c4ccccc4)CC3)cc2NC1=O. The molecule has 1 saturated heterocycles. The summed E-state index contributed by atoms with van der Waals surface area (Å²) >= 11 is 1.40. The topological polar surface area (TPSA) is 86.8 Å². The summed E-state index contributed by atoms with van der Waals surface area (Å²) in [6.45, 7) is 6.05. The van der Waals surface area contributed by atoms with Crippen LogP contribution in [0.1, 0.15) is 13.8 Å². The molecule has 1 fully saturated rings. The summed E-state index contributed by atoms with van der Waals surface area (Å²) in [6.07, 6.45) is 0. The highest BCUT2D eigenvalue weighted by Crippen LogP contribution is 2.37. The molecule has 2 aliphatic heterocycles. The van der Waals surface area contributed by atoms with Crippen LogP contribution in [-0.2, 0) is 19.4 Å². The summed E-state index contributed by atoms with van der Waals surface area (Å²) in [5.74, 6) is -1.20. The lowest BCUT2D eigenvalue weighted by Crippen LogP contribution is -2.50. The molecule has 0 unspecified atom stereocenters. The number of benzene rings is 2. The standard InChI is InChI=1S/C23H27N3O4S2/c1-16(23(28)26-12-10-25(11-13-26)18-6-4-3-5-7-18)15-32(29,30)19-8-9-21-20(14-19)24-22(27)17(2)31-21/h3-9,14,16-17H,10-13,15H2,1-2H3,(H,24,27)/t16-,17-/m0/s1. The fourth-order valence-electron chi connectivity index (χ4n) is 4.01. The maximum Gasteiger partial charge on any atom is 0.237 e. The fourth-order valence-corrected chi connectivity index (χ4v) is 6.51. The van der Waals surface area contributed by atoms with E-state index in [1.165, 1.54) is 17.8 Å². The third-order valence-electron chi connectivity index (χ3n) is 5.84. The first-order chi connectivity index (χ1) is 15.2. The van der Waals surface area contributed by atoms with Crippen molar-refractivity contribution in [3.63, 3.8) is 0 Å². The van der Waals surface area contributed by atoms with E-state index in [1.54, 1.807) is 30.9 Å². The van der Waals surface area contributed by atoms with E-state index in [-0.39, 0.29) is 27.7 Å². The van der Waals surface area contributed by atoms with E-state index in [0.717, 1.165) is 23.7 Å². The third-order valence-corrected chi connectivity index (χ3v) is 8.93. The van der Waals surface area contributed by atoms with Gasteiger partial charge in [-0.1, -0.05) is 25.1 Å². The average Bonchev–Trinajstić information content (AvgIpc) is 2.79. The molecule has 1 N–H and O–H groups in total. The van der Waals surface area contributed by atoms with Crippen molar-refractivity contribution in [2.24, 2.45) is 5.92 Å². The van der Waals surface area contributed by atoms with Gasteiger partial charge in [0.1, 0.15) is 0 Å². The van der Waals surface area contributed by atoms with Crippen molar-refractivity contribution in [1.82, 2.24) is 4.90 Å². The lowest BCUT2D eigenvalue weighted by atomic mass is 10.1. The van der Waals surface area contributed by atoms with Crippen molar-refractivity contribution in [2.75, 3.05) is 42.1 Å². The number of carbonyl (C=O) groups excluding carboxylic acids is 2. The third kappa shape index (κ3) is 4.78. The lowest BCUT2D eigenvalue weighted by molar-refractivity contribution is -0.134. The molecule has 7 nitrogen and oxygen atoms in total. The molecular weight excluding hydrogens is 446 g/mol. The quantitative estimate of drug-likeness (QED) is 0.719. The Morgan fingerprint density at radius 3 is 2.50 bits per heavy atom. The number of para-hydroxylation sites is 1. The van der Waals surface area contributed by atoms with E-state index in [2.05, 4.69) is 10.2 Å². The first-order valence-corrected chi connectivity index (χ1v) is 13.2. The van der Waals surface area contributed by atoms with Gasteiger partial charge in [0.25, 0.3) is 0 Å². The predicted molar refractivity (Wildman–Crippen MR) is 127 cm³/mol. The second-order valence-corrected chi connectivity index (χ2v) is 11.7. The Hall–Kier alpha value is -2.52. The summed E-state index contributed by atoms with van der Waals surface area (Å²) in [7, 11) is -3.68. The minimum absolute atomic E-state index is 0.125. The van der Waals surface area contributed by atoms with Gasteiger partial charge in [-0.2, -0.15) is 0 Å². The molecule has 2 heterocycles. The van der Waals surface area contributed by atoms with E-state index in [4.69, 9.17) is 0 Å². The number of nitrogens with one attached hydrogen (secondary N) is 1. The summed E-state index contributed by atoms with van der Waals surface area (Å²) in [4.78, 5) is 29.8. The Morgan fingerprint density at radius 2 is 1.81 bits per heavy atom. The van der Waals surface area contributed by atoms with Crippen LogP contribution in [0.2, 0.25) is 0 Å². The number of anilines is 2. The zero-order valence-electron chi connectivity index (χ0n) is 18.2. The van der Waals surface area contributed by atoms with Crippen LogP contribution in [0.4, 0.5) is 11.4 Å². The fraction of sp³-hybridized carbons (Fsp3) is 0.391. The van der Waals surface area contributed by atoms with E-state index in [9.17, 15) is 18.0 Å². The molecule has 0 radical (unpaired) electrons. The second-order valence-electron chi connectivity index (χ2n) is 8.24. The highest BCUT2D eigenvalue weighted by Gasteiger charge is 2.30. The van der Waals surface area contributed by atoms with Crippen LogP contribution in [0.15, 0.2) is 58.3 Å². The maximum absolute atomic E-state index is 13.0. The van der Waals surface area contributed by atoms with E-state index >= 15 is 0 Å². The molecule has 0 aliphatic carbocycles. The number of piperazine rings is 1. The van der Waals surface area contributed by atoms with Crippen molar-refractivity contribution in [3.05, 3.63) is 48.5 Å². The molecule has 2 atom stereocenters. The number of fused-ring (bicyclic) bond motifs is 1. The molecule has 0 bridgehead atoms. The lowest BCUT2D eigenvalue weighted by Gasteiger charge is -2.37. The van der Waals surface area contributed by atoms with Crippen LogP contribution in [0, 0.1) is 5.92 Å². The van der Waals surface area contributed by atoms with Gasteiger partial charge in [-0.3, -0.25) is 9.59 Å². The van der Waals surface area contributed by atoms with Crippen molar-refractivity contribution in [1.29, 1.82) is 0 Å². The molecule has 2 aromatic carbocycles. The molecule has 2 aromatic rings. The minimum atomic E-state index is -3.68. The monoisotopic (exact) mass is 473 g/mol. The molecule has 0 spiro atoms. The molecule has 9 heteroatoms. The van der Waals surface area contributed by atoms with Gasteiger partial charge < -0.3 is 15.1 Å². The summed E-state index contributed by atoms with van der Waals surface area (Å²) in [5.41, 5.74) is 1.64. The van der Waals surface area contributed by atoms with Crippen LogP contribution in [0.5, 0.6) is 0 Å². The van der Waals surface area contributed by atoms with Gasteiger partial charge in [0, 0.05) is 42.7 Å². The number of rotatable bonds is 5. The van der Waals surface area contributed by atoms with Crippen molar-refractivity contribution < 1.29 is 18.0 Å². The number of nitrogens with zero attached hydrogens (tertiary/aromatic N) is 2. The van der Waals surface area contributed by atoms with Gasteiger partial charge in [-0.05, 0) is 37.3 Å². The highest BCUT2D eigenvalue weighted by atomic mass is 32.2. The molecule has 170 valence electrons. The summed E-state index contributed by atoms with van der Waals surface area (Å²) in [5, 5.41) is 2.55. The molecular formula is C23H27N3O4S2. The van der Waals surface area contributed by atoms with Crippen molar-refractivity contribution >= 4 is 44.8 Å². The Morgan fingerprint density at radius 1 is 1.12 bits per heavy atom. The molecule has 32 heavy (non-hydrogen) atoms. The Kier molecular flexibility index (Phi) is 6.48. The van der Waals surface area contributed by atoms with Crippen LogP contribution >= 0.6 is 11.8 Å². The first-order valence-electron chi connectivity index (χ1n) is 10.7. The number of thioether (sulfide) groups is 1. The van der Waals surface area contributed by atoms with Gasteiger partial charge in [-0.15, -0.1) is 11.8 Å². The number of sulfone groups is 1. The normalized spacial score (nSPS) is 19.8. The van der Waals surface area contributed by atoms with E-state index in [1.807, 2.05) is 30.3 Å². The number of hydrogen-bond donors (Lipinski definition) is 1. The highest BCUT2D eigenvalue weighted by molar-refractivity contribution is 8.01. The van der Waals surface area contributed by atoms with Gasteiger partial charge >= 0.3 is 0 Å². The zero-order valence-corrected chi connectivity index (χ0v) is 19.8.